The maximum absolute atomic E-state index is 10.6. The molecule has 1 nitrogen and oxygen atoms in total. The minimum Gasteiger partial charge on any atom is -0.224 e. The van der Waals surface area contributed by atoms with Gasteiger partial charge in [-0.1, -0.05) is 0 Å². The molecule has 0 radical (unpaired) electrons. The van der Waals surface area contributed by atoms with Gasteiger partial charge in [0.25, 0.3) is 0 Å². The molecule has 0 heterocycles. The molecule has 0 aliphatic carbocycles. The van der Waals surface area contributed by atoms with Crippen LogP contribution in [0, 0.1) is 0 Å². The fourth-order valence-corrected chi connectivity index (χ4v) is 0.0386. The van der Waals surface area contributed by atoms with Crippen molar-refractivity contribution in [2.75, 3.05) is 0 Å². The zero-order valence-corrected chi connectivity index (χ0v) is 2.66. The Morgan fingerprint density at radius 2 is 2.00 bits per heavy atom. The highest BCUT2D eigenvalue weighted by Gasteiger charge is 1.75. The molecule has 0 unspecified atom stereocenters. The molecule has 0 amide bonds. The quantitative estimate of drug-likeness (QED) is 0.317. The normalized spacial score (nSPS) is 5.67. The molecular formula is C3F2O. The number of halogens is 2. The van der Waals surface area contributed by atoms with Gasteiger partial charge in [0.2, 0.25) is 0 Å². The first-order valence-electron chi connectivity index (χ1n) is 1.08. The first kappa shape index (κ1) is 5.09. The molecule has 6 heavy (non-hydrogen) atoms. The maximum Gasteiger partial charge on any atom is 0.324 e. The van der Waals surface area contributed by atoms with Crippen LogP contribution in [0.3, 0.4) is 0 Å². The Balaban J connectivity index is 4.13. The lowest BCUT2D eigenvalue weighted by Crippen LogP contribution is -1.44. The van der Waals surface area contributed by atoms with Gasteiger partial charge in [-0.2, -0.15) is 8.78 Å². The molecule has 0 aromatic carbocycles. The van der Waals surface area contributed by atoms with Crippen molar-refractivity contribution >= 4 is 5.94 Å². The van der Waals surface area contributed by atoms with E-state index in [4.69, 9.17) is 4.79 Å². The summed E-state index contributed by atoms with van der Waals surface area (Å²) in [6.45, 7) is 0. The fourth-order valence-electron chi connectivity index (χ4n) is 0.0386. The van der Waals surface area contributed by atoms with E-state index in [1.165, 1.54) is 0 Å². The van der Waals surface area contributed by atoms with E-state index in [0.29, 0.717) is 0 Å². The van der Waals surface area contributed by atoms with Gasteiger partial charge in [-0.3, -0.25) is 0 Å². The Morgan fingerprint density at radius 1 is 1.50 bits per heavy atom. The molecular weight excluding hydrogens is 90.0 g/mol. The Morgan fingerprint density at radius 3 is 2.00 bits per heavy atom. The molecule has 0 rings (SSSR count). The molecule has 0 saturated heterocycles. The SMILES string of the molecule is O=C=C=C(F)F. The van der Waals surface area contributed by atoms with E-state index in [2.05, 4.69) is 0 Å². The van der Waals surface area contributed by atoms with Gasteiger partial charge in [-0.15, -0.1) is 0 Å². The van der Waals surface area contributed by atoms with Gasteiger partial charge >= 0.3 is 6.08 Å². The lowest BCUT2D eigenvalue weighted by Gasteiger charge is -1.54. The van der Waals surface area contributed by atoms with E-state index in [1.54, 1.807) is 0 Å². The van der Waals surface area contributed by atoms with E-state index in [1.807, 2.05) is 0 Å². The van der Waals surface area contributed by atoms with Gasteiger partial charge < -0.3 is 0 Å². The van der Waals surface area contributed by atoms with Gasteiger partial charge in [0.05, 0.1) is 0 Å². The first-order valence-corrected chi connectivity index (χ1v) is 1.08. The summed E-state index contributed by atoms with van der Waals surface area (Å²) in [5.41, 5.74) is 0.986. The lowest BCUT2D eigenvalue weighted by atomic mass is 10.9. The average molecular weight is 90.0 g/mol. The first-order chi connectivity index (χ1) is 2.77. The number of hydrogen-bond donors (Lipinski definition) is 0. The summed E-state index contributed by atoms with van der Waals surface area (Å²) in [7, 11) is 0. The molecule has 0 N–H and O–H groups in total. The second-order valence-corrected chi connectivity index (χ2v) is 0.487. The highest BCUT2D eigenvalue weighted by molar-refractivity contribution is 5.43. The van der Waals surface area contributed by atoms with Gasteiger partial charge in [-0.05, 0) is 0 Å². The van der Waals surface area contributed by atoms with E-state index < -0.39 is 6.08 Å². The van der Waals surface area contributed by atoms with E-state index in [0.717, 1.165) is 11.7 Å². The second-order valence-electron chi connectivity index (χ2n) is 0.487. The second kappa shape index (κ2) is 2.33. The lowest BCUT2D eigenvalue weighted by molar-refractivity contribution is 0.424. The van der Waals surface area contributed by atoms with Crippen LogP contribution in [-0.4, -0.2) is 5.94 Å². The van der Waals surface area contributed by atoms with Gasteiger partial charge in [0.1, 0.15) is 0 Å². The predicted molar refractivity (Wildman–Crippen MR) is 14.9 cm³/mol. The Hall–Kier alpha value is -0.910. The van der Waals surface area contributed by atoms with E-state index >= 15 is 0 Å². The average Bonchev–Trinajstić information content (AvgIpc) is 1.35. The number of carbonyl (C=O) groups excluding carboxylic acids is 1. The molecule has 0 aromatic heterocycles. The molecule has 0 fully saturated rings. The monoisotopic (exact) mass is 90.0 g/mol. The summed E-state index contributed by atoms with van der Waals surface area (Å²) >= 11 is 0. The predicted octanol–water partition coefficient (Wildman–Crippen LogP) is 0.754. The minimum atomic E-state index is -2.13. The molecule has 0 saturated carbocycles. The molecule has 0 aliphatic rings. The highest BCUT2D eigenvalue weighted by Crippen LogP contribution is 1.88. The molecule has 32 valence electrons. The molecule has 0 aromatic rings. The fraction of sp³-hybridized carbons (Fsp3) is 0. The van der Waals surface area contributed by atoms with Crippen LogP contribution in [0.2, 0.25) is 0 Å². The summed E-state index contributed by atoms with van der Waals surface area (Å²) < 4.78 is 21.2. The zero-order valence-electron chi connectivity index (χ0n) is 2.66. The van der Waals surface area contributed by atoms with Gasteiger partial charge in [-0.25, -0.2) is 4.79 Å². The van der Waals surface area contributed by atoms with Crippen LogP contribution < -0.4 is 0 Å². The molecule has 0 bridgehead atoms. The summed E-state index contributed by atoms with van der Waals surface area (Å²) in [4.78, 5) is 8.88. The molecule has 0 atom stereocenters. The minimum absolute atomic E-state index is 0.780. The van der Waals surface area contributed by atoms with Crippen molar-refractivity contribution < 1.29 is 13.6 Å². The number of hydrogen-bond acceptors (Lipinski definition) is 1. The molecule has 3 heteroatoms. The van der Waals surface area contributed by atoms with Crippen molar-refractivity contribution in [1.29, 1.82) is 0 Å². The van der Waals surface area contributed by atoms with E-state index in [9.17, 15) is 8.78 Å². The van der Waals surface area contributed by atoms with Crippen molar-refractivity contribution in [3.05, 3.63) is 11.8 Å². The van der Waals surface area contributed by atoms with Crippen LogP contribution >= 0.6 is 0 Å². The third-order valence-electron chi connectivity index (χ3n) is 0.146. The standard InChI is InChI=1S/C3F2O/c4-3(5)1-2-6. The van der Waals surface area contributed by atoms with Crippen molar-refractivity contribution in [2.45, 2.75) is 0 Å². The summed E-state index contributed by atoms with van der Waals surface area (Å²) in [6, 6.07) is 0. The van der Waals surface area contributed by atoms with Crippen LogP contribution in [0.25, 0.3) is 0 Å². The Bertz CT molecular complexity index is 113. The van der Waals surface area contributed by atoms with Gasteiger partial charge in [0.15, 0.2) is 5.94 Å². The smallest absolute Gasteiger partial charge is 0.224 e. The van der Waals surface area contributed by atoms with Crippen LogP contribution in [0.4, 0.5) is 8.78 Å². The van der Waals surface area contributed by atoms with Crippen LogP contribution in [-0.2, 0) is 4.79 Å². The van der Waals surface area contributed by atoms with Crippen LogP contribution in [0.1, 0.15) is 0 Å². The summed E-state index contributed by atoms with van der Waals surface area (Å²) in [5.74, 6) is 0.780. The van der Waals surface area contributed by atoms with Crippen molar-refractivity contribution in [3.8, 4) is 0 Å². The Labute approximate surface area is 32.6 Å². The third kappa shape index (κ3) is 3.09. The van der Waals surface area contributed by atoms with Crippen LogP contribution in [0.5, 0.6) is 0 Å². The zero-order chi connectivity index (χ0) is 4.99. The van der Waals surface area contributed by atoms with Crippen molar-refractivity contribution in [1.82, 2.24) is 0 Å². The molecule has 0 aliphatic heterocycles. The van der Waals surface area contributed by atoms with Gasteiger partial charge in [0, 0.05) is 5.73 Å². The van der Waals surface area contributed by atoms with Crippen molar-refractivity contribution in [3.63, 3.8) is 0 Å². The highest BCUT2D eigenvalue weighted by atomic mass is 19.3. The van der Waals surface area contributed by atoms with E-state index in [-0.39, 0.29) is 0 Å². The maximum atomic E-state index is 10.6. The topological polar surface area (TPSA) is 17.1 Å². The number of rotatable bonds is 0. The van der Waals surface area contributed by atoms with Crippen molar-refractivity contribution in [2.24, 2.45) is 0 Å². The third-order valence-corrected chi connectivity index (χ3v) is 0.146. The van der Waals surface area contributed by atoms with Crippen LogP contribution in [0.15, 0.2) is 11.8 Å². The summed E-state index contributed by atoms with van der Waals surface area (Å²) in [5, 5.41) is 0. The summed E-state index contributed by atoms with van der Waals surface area (Å²) in [6.07, 6.45) is -2.13. The Kier molecular flexibility index (Phi) is 1.98. The molecule has 0 spiro atoms. The largest absolute Gasteiger partial charge is 0.324 e.